The maximum Gasteiger partial charge on any atom is 0.223 e. The summed E-state index contributed by atoms with van der Waals surface area (Å²) in [6.45, 7) is 1.27. The van der Waals surface area contributed by atoms with E-state index in [1.165, 1.54) is 0 Å². The van der Waals surface area contributed by atoms with Crippen molar-refractivity contribution in [2.75, 3.05) is 13.1 Å². The van der Waals surface area contributed by atoms with Crippen molar-refractivity contribution >= 4 is 5.91 Å². The molecule has 0 heterocycles. The van der Waals surface area contributed by atoms with Crippen molar-refractivity contribution in [3.8, 4) is 5.75 Å². The van der Waals surface area contributed by atoms with E-state index < -0.39 is 17.4 Å². The van der Waals surface area contributed by atoms with Gasteiger partial charge in [-0.15, -0.1) is 0 Å². The molecule has 0 atom stereocenters. The molecule has 1 fully saturated rings. The number of halogens is 2. The number of nitrogens with one attached hydrogen (secondary N) is 2. The van der Waals surface area contributed by atoms with Crippen LogP contribution in [0.4, 0.5) is 8.78 Å². The van der Waals surface area contributed by atoms with Crippen LogP contribution < -0.4 is 10.6 Å². The summed E-state index contributed by atoms with van der Waals surface area (Å²) in [5.41, 5.74) is 0.404. The molecule has 1 aromatic carbocycles. The number of amides is 1. The van der Waals surface area contributed by atoms with E-state index in [0.29, 0.717) is 18.7 Å². The van der Waals surface area contributed by atoms with Crippen molar-refractivity contribution in [3.63, 3.8) is 0 Å². The van der Waals surface area contributed by atoms with Gasteiger partial charge in [0.2, 0.25) is 5.91 Å². The fourth-order valence-corrected chi connectivity index (χ4v) is 1.72. The second kappa shape index (κ2) is 5.97. The van der Waals surface area contributed by atoms with E-state index >= 15 is 0 Å². The minimum atomic E-state index is -0.973. The highest BCUT2D eigenvalue weighted by atomic mass is 19.1. The molecule has 1 aliphatic rings. The first kappa shape index (κ1) is 13.7. The van der Waals surface area contributed by atoms with Crippen LogP contribution in [0, 0.1) is 17.6 Å². The van der Waals surface area contributed by atoms with Crippen LogP contribution >= 0.6 is 0 Å². The summed E-state index contributed by atoms with van der Waals surface area (Å²) in [4.78, 5) is 11.3. The van der Waals surface area contributed by atoms with E-state index in [-0.39, 0.29) is 18.4 Å². The molecule has 104 valence electrons. The Morgan fingerprint density at radius 1 is 1.26 bits per heavy atom. The SMILES string of the molecule is O=C(NCCNCc1cc(F)c(O)c(F)c1)C1CC1. The number of aromatic hydroxyl groups is 1. The van der Waals surface area contributed by atoms with E-state index in [9.17, 15) is 13.6 Å². The molecule has 0 aliphatic heterocycles. The Bertz CT molecular complexity index is 453. The molecular formula is C13H16F2N2O2. The smallest absolute Gasteiger partial charge is 0.223 e. The molecule has 4 nitrogen and oxygen atoms in total. The van der Waals surface area contributed by atoms with Gasteiger partial charge < -0.3 is 15.7 Å². The summed E-state index contributed by atoms with van der Waals surface area (Å²) >= 11 is 0. The predicted octanol–water partition coefficient (Wildman–Crippen LogP) is 1.29. The summed E-state index contributed by atoms with van der Waals surface area (Å²) in [6.07, 6.45) is 1.93. The lowest BCUT2D eigenvalue weighted by Crippen LogP contribution is -2.32. The van der Waals surface area contributed by atoms with Crippen LogP contribution in [0.3, 0.4) is 0 Å². The van der Waals surface area contributed by atoms with Gasteiger partial charge in [-0.05, 0) is 30.5 Å². The fourth-order valence-electron chi connectivity index (χ4n) is 1.72. The first-order chi connectivity index (χ1) is 9.08. The molecule has 0 unspecified atom stereocenters. The molecule has 0 radical (unpaired) electrons. The third-order valence-corrected chi connectivity index (χ3v) is 2.95. The minimum absolute atomic E-state index is 0.0727. The molecule has 19 heavy (non-hydrogen) atoms. The number of phenols is 1. The lowest BCUT2D eigenvalue weighted by Gasteiger charge is -2.07. The van der Waals surface area contributed by atoms with E-state index in [0.717, 1.165) is 25.0 Å². The molecule has 0 saturated heterocycles. The highest BCUT2D eigenvalue weighted by molar-refractivity contribution is 5.80. The molecule has 1 aliphatic carbocycles. The molecule has 2 rings (SSSR count). The van der Waals surface area contributed by atoms with Crippen LogP contribution in [0.15, 0.2) is 12.1 Å². The molecule has 3 N–H and O–H groups in total. The number of hydrogen-bond acceptors (Lipinski definition) is 3. The van der Waals surface area contributed by atoms with Crippen molar-refractivity contribution in [1.29, 1.82) is 0 Å². The maximum absolute atomic E-state index is 13.0. The van der Waals surface area contributed by atoms with Crippen LogP contribution in [-0.4, -0.2) is 24.1 Å². The number of rotatable bonds is 6. The molecule has 0 spiro atoms. The first-order valence-corrected chi connectivity index (χ1v) is 6.23. The van der Waals surface area contributed by atoms with E-state index in [1.54, 1.807) is 0 Å². The number of benzene rings is 1. The third kappa shape index (κ3) is 3.89. The van der Waals surface area contributed by atoms with E-state index in [2.05, 4.69) is 10.6 Å². The van der Waals surface area contributed by atoms with E-state index in [4.69, 9.17) is 5.11 Å². The van der Waals surface area contributed by atoms with Gasteiger partial charge in [0.15, 0.2) is 17.4 Å². The largest absolute Gasteiger partial charge is 0.503 e. The average molecular weight is 270 g/mol. The lowest BCUT2D eigenvalue weighted by atomic mass is 10.2. The van der Waals surface area contributed by atoms with Crippen molar-refractivity contribution < 1.29 is 18.7 Å². The van der Waals surface area contributed by atoms with Gasteiger partial charge in [-0.3, -0.25) is 4.79 Å². The average Bonchev–Trinajstić information content (AvgIpc) is 3.19. The normalized spacial score (nSPS) is 14.4. The topological polar surface area (TPSA) is 61.4 Å². The van der Waals surface area contributed by atoms with Crippen LogP contribution in [0.1, 0.15) is 18.4 Å². The molecule has 1 saturated carbocycles. The zero-order valence-electron chi connectivity index (χ0n) is 10.4. The van der Waals surface area contributed by atoms with Gasteiger partial charge in [0.05, 0.1) is 0 Å². The molecule has 0 aromatic heterocycles. The minimum Gasteiger partial charge on any atom is -0.503 e. The second-order valence-electron chi connectivity index (χ2n) is 4.65. The van der Waals surface area contributed by atoms with Crippen LogP contribution in [0.5, 0.6) is 5.75 Å². The van der Waals surface area contributed by atoms with E-state index in [1.807, 2.05) is 0 Å². The Morgan fingerprint density at radius 3 is 2.47 bits per heavy atom. The summed E-state index contributed by atoms with van der Waals surface area (Å²) in [6, 6.07) is 2.16. The molecule has 6 heteroatoms. The molecule has 1 amide bonds. The van der Waals surface area contributed by atoms with Crippen molar-refractivity contribution in [2.45, 2.75) is 19.4 Å². The summed E-state index contributed by atoms with van der Waals surface area (Å²) in [7, 11) is 0. The summed E-state index contributed by atoms with van der Waals surface area (Å²) in [5.74, 6) is -2.65. The Labute approximate surface area is 109 Å². The van der Waals surface area contributed by atoms with Crippen LogP contribution in [-0.2, 0) is 11.3 Å². The van der Waals surface area contributed by atoms with Gasteiger partial charge in [0.1, 0.15) is 0 Å². The van der Waals surface area contributed by atoms with Gasteiger partial charge in [0.25, 0.3) is 0 Å². The first-order valence-electron chi connectivity index (χ1n) is 6.23. The van der Waals surface area contributed by atoms with Crippen molar-refractivity contribution in [2.24, 2.45) is 5.92 Å². The van der Waals surface area contributed by atoms with Gasteiger partial charge in [0, 0.05) is 25.6 Å². The Kier molecular flexibility index (Phi) is 4.31. The predicted molar refractivity (Wildman–Crippen MR) is 65.5 cm³/mol. The van der Waals surface area contributed by atoms with Crippen molar-refractivity contribution in [1.82, 2.24) is 10.6 Å². The van der Waals surface area contributed by atoms with Gasteiger partial charge in [-0.2, -0.15) is 0 Å². The Hall–Kier alpha value is -1.69. The third-order valence-electron chi connectivity index (χ3n) is 2.95. The molecular weight excluding hydrogens is 254 g/mol. The molecule has 0 bridgehead atoms. The second-order valence-corrected chi connectivity index (χ2v) is 4.65. The fraction of sp³-hybridized carbons (Fsp3) is 0.462. The number of phenolic OH excluding ortho intramolecular Hbond substituents is 1. The number of hydrogen-bond donors (Lipinski definition) is 3. The Balaban J connectivity index is 1.69. The standard InChI is InChI=1S/C13H16F2N2O2/c14-10-5-8(6-11(15)12(10)18)7-16-3-4-17-13(19)9-1-2-9/h5-6,9,16,18H,1-4,7H2,(H,17,19). The lowest BCUT2D eigenvalue weighted by molar-refractivity contribution is -0.122. The van der Waals surface area contributed by atoms with Gasteiger partial charge >= 0.3 is 0 Å². The zero-order chi connectivity index (χ0) is 13.8. The van der Waals surface area contributed by atoms with Gasteiger partial charge in [-0.25, -0.2) is 8.78 Å². The Morgan fingerprint density at radius 2 is 1.89 bits per heavy atom. The van der Waals surface area contributed by atoms with Crippen molar-refractivity contribution in [3.05, 3.63) is 29.3 Å². The number of carbonyl (C=O) groups is 1. The number of carbonyl (C=O) groups excluding carboxylic acids is 1. The van der Waals surface area contributed by atoms with Gasteiger partial charge in [-0.1, -0.05) is 0 Å². The summed E-state index contributed by atoms with van der Waals surface area (Å²) < 4.78 is 26.1. The quantitative estimate of drug-likeness (QED) is 0.683. The highest BCUT2D eigenvalue weighted by Gasteiger charge is 2.28. The maximum atomic E-state index is 13.0. The monoisotopic (exact) mass is 270 g/mol. The van der Waals surface area contributed by atoms with Crippen LogP contribution in [0.25, 0.3) is 0 Å². The highest BCUT2D eigenvalue weighted by Crippen LogP contribution is 2.28. The summed E-state index contributed by atoms with van der Waals surface area (Å²) in [5, 5.41) is 14.7. The van der Waals surface area contributed by atoms with Crippen LogP contribution in [0.2, 0.25) is 0 Å². The zero-order valence-corrected chi connectivity index (χ0v) is 10.4. The molecule has 1 aromatic rings.